The molecule has 0 atom stereocenters. The minimum absolute atomic E-state index is 0.138. The Morgan fingerprint density at radius 2 is 0.759 bits per heavy atom. The zero-order chi connectivity index (χ0) is 38.9. The molecule has 0 bridgehead atoms. The van der Waals surface area contributed by atoms with Crippen LogP contribution in [0, 0.1) is 0 Å². The molecule has 0 aliphatic carbocycles. The maximum atomic E-state index is 12.8. The smallest absolute Gasteiger partial charge is 0.314 e. The van der Waals surface area contributed by atoms with E-state index in [-0.39, 0.29) is 33.3 Å². The Hall–Kier alpha value is -6.86. The fraction of sp³-hybridized carbons (Fsp3) is 0. The van der Waals surface area contributed by atoms with Gasteiger partial charge >= 0.3 is 11.8 Å². The predicted octanol–water partition coefficient (Wildman–Crippen LogP) is 4.98. The van der Waals surface area contributed by atoms with Crippen LogP contribution in [0.3, 0.4) is 0 Å². The van der Waals surface area contributed by atoms with Crippen molar-refractivity contribution in [1.82, 2.24) is 0 Å². The Kier molecular flexibility index (Phi) is 9.76. The van der Waals surface area contributed by atoms with Gasteiger partial charge in [0.15, 0.2) is 0 Å². The molecule has 6 aromatic carbocycles. The molecule has 274 valence electrons. The first-order valence-electron chi connectivity index (χ1n) is 15.4. The molecule has 0 aliphatic heterocycles. The number of hydrogen-bond acceptors (Lipinski definition) is 10. The summed E-state index contributed by atoms with van der Waals surface area (Å²) in [6.45, 7) is 0. The van der Waals surface area contributed by atoms with Gasteiger partial charge in [0.1, 0.15) is 21.3 Å². The minimum Gasteiger partial charge on any atom is -0.506 e. The van der Waals surface area contributed by atoms with Crippen LogP contribution >= 0.6 is 0 Å². The molecule has 6 rings (SSSR count). The number of aromatic hydroxyl groups is 2. The lowest BCUT2D eigenvalue weighted by molar-refractivity contribution is -0.132. The molecular formula is C36H26N4O12S2. The van der Waals surface area contributed by atoms with Crippen molar-refractivity contribution in [2.75, 3.05) is 21.3 Å². The molecule has 0 saturated carbocycles. The molecular weight excluding hydrogens is 745 g/mol. The quantitative estimate of drug-likeness (QED) is 0.0753. The van der Waals surface area contributed by atoms with E-state index in [0.29, 0.717) is 22.1 Å². The summed E-state index contributed by atoms with van der Waals surface area (Å²) in [7, 11) is -9.28. The Labute approximate surface area is 305 Å². The number of benzene rings is 6. The van der Waals surface area contributed by atoms with E-state index < -0.39 is 65.2 Å². The van der Waals surface area contributed by atoms with Gasteiger partial charge in [-0.05, 0) is 108 Å². The van der Waals surface area contributed by atoms with Gasteiger partial charge in [-0.15, -0.1) is 0 Å². The average molecular weight is 771 g/mol. The van der Waals surface area contributed by atoms with Crippen LogP contribution in [0.25, 0.3) is 21.5 Å². The molecule has 0 fully saturated rings. The molecule has 4 amide bonds. The largest absolute Gasteiger partial charge is 0.506 e. The predicted molar refractivity (Wildman–Crippen MR) is 197 cm³/mol. The number of phenols is 2. The van der Waals surface area contributed by atoms with E-state index in [1.807, 2.05) is 0 Å². The lowest BCUT2D eigenvalue weighted by Crippen LogP contribution is -2.29. The number of fused-ring (bicyclic) bond motifs is 2. The second-order valence-corrected chi connectivity index (χ2v) is 14.4. The monoisotopic (exact) mass is 770 g/mol. The molecule has 54 heavy (non-hydrogen) atoms. The van der Waals surface area contributed by atoms with E-state index in [1.165, 1.54) is 97.1 Å². The highest BCUT2D eigenvalue weighted by atomic mass is 32.2. The molecule has 0 aromatic heterocycles. The van der Waals surface area contributed by atoms with Crippen LogP contribution in [0.4, 0.5) is 22.7 Å². The summed E-state index contributed by atoms with van der Waals surface area (Å²) in [5.74, 6) is -4.36. The summed E-state index contributed by atoms with van der Waals surface area (Å²) in [6, 6.07) is 24.6. The van der Waals surface area contributed by atoms with Crippen LogP contribution in [0.15, 0.2) is 119 Å². The number of carbonyl (C=O) groups excluding carboxylic acids is 4. The number of hydrogen-bond donors (Lipinski definition) is 8. The first-order chi connectivity index (χ1) is 25.5. The SMILES string of the molecule is O=C(Nc1ccc(C(=O)Nc2ccc3c(O)c(S(=O)(=O)O)ccc3c2)cc1)C(=O)Nc1ccc(C(=O)Nc2ccc3c(O)c(S(=O)(=O)O)ccc3c2)cc1. The number of amides is 4. The topological polar surface area (TPSA) is 266 Å². The molecule has 0 spiro atoms. The Bertz CT molecular complexity index is 2560. The lowest BCUT2D eigenvalue weighted by Gasteiger charge is -2.10. The fourth-order valence-corrected chi connectivity index (χ4v) is 6.54. The molecule has 0 heterocycles. The van der Waals surface area contributed by atoms with Crippen LogP contribution in [-0.4, -0.2) is 59.8 Å². The third-order valence-electron chi connectivity index (χ3n) is 8.00. The molecule has 0 saturated heterocycles. The first kappa shape index (κ1) is 36.9. The summed E-state index contributed by atoms with van der Waals surface area (Å²) < 4.78 is 64.3. The lowest BCUT2D eigenvalue weighted by atomic mass is 10.1. The number of phenolic OH excluding ortho intramolecular Hbond substituents is 2. The zero-order valence-corrected chi connectivity index (χ0v) is 28.9. The van der Waals surface area contributed by atoms with Crippen LogP contribution in [0.5, 0.6) is 11.5 Å². The summed E-state index contributed by atoms with van der Waals surface area (Å²) in [4.78, 5) is 49.4. The minimum atomic E-state index is -4.64. The van der Waals surface area contributed by atoms with Gasteiger partial charge < -0.3 is 31.5 Å². The molecule has 8 N–H and O–H groups in total. The van der Waals surface area contributed by atoms with Gasteiger partial charge in [0.2, 0.25) is 0 Å². The van der Waals surface area contributed by atoms with Gasteiger partial charge in [0.05, 0.1) is 0 Å². The van der Waals surface area contributed by atoms with Crippen molar-refractivity contribution >= 4 is 88.2 Å². The number of nitrogens with one attached hydrogen (secondary N) is 4. The standard InChI is InChI=1S/C36H26N4O12S2/c41-31-27-13-11-25(17-21(27)5-15-29(31)53(47,48)49)39-33(43)19-1-7-23(8-2-19)37-35(45)36(46)38-24-9-3-20(4-10-24)34(44)40-26-12-14-28-22(18-26)6-16-30(32(28)42)54(50,51)52/h1-18,41-42H,(H,37,45)(H,38,46)(H,39,43)(H,40,44)(H,47,48,49)(H,50,51,52). The Balaban J connectivity index is 1.02. The van der Waals surface area contributed by atoms with E-state index in [0.717, 1.165) is 12.1 Å². The van der Waals surface area contributed by atoms with Crippen LogP contribution in [0.2, 0.25) is 0 Å². The number of anilines is 4. The van der Waals surface area contributed by atoms with Crippen molar-refractivity contribution < 1.29 is 55.3 Å². The summed E-state index contributed by atoms with van der Waals surface area (Å²) in [5, 5.41) is 31.7. The van der Waals surface area contributed by atoms with Crippen LogP contribution in [0.1, 0.15) is 20.7 Å². The van der Waals surface area contributed by atoms with E-state index in [9.17, 15) is 55.3 Å². The summed E-state index contributed by atoms with van der Waals surface area (Å²) in [5.41, 5.74) is 1.44. The van der Waals surface area contributed by atoms with Crippen molar-refractivity contribution in [2.24, 2.45) is 0 Å². The van der Waals surface area contributed by atoms with Gasteiger partial charge in [-0.25, -0.2) is 0 Å². The maximum Gasteiger partial charge on any atom is 0.314 e. The molecule has 0 aliphatic rings. The fourth-order valence-electron chi connectivity index (χ4n) is 5.35. The van der Waals surface area contributed by atoms with Crippen LogP contribution in [-0.2, 0) is 29.8 Å². The zero-order valence-electron chi connectivity index (χ0n) is 27.3. The van der Waals surface area contributed by atoms with Gasteiger partial charge in [-0.1, -0.05) is 12.1 Å². The van der Waals surface area contributed by atoms with Crippen molar-refractivity contribution in [3.05, 3.63) is 120 Å². The molecule has 0 radical (unpaired) electrons. The van der Waals surface area contributed by atoms with E-state index in [4.69, 9.17) is 0 Å². The normalized spacial score (nSPS) is 11.5. The first-order valence-corrected chi connectivity index (χ1v) is 18.3. The highest BCUT2D eigenvalue weighted by Crippen LogP contribution is 2.34. The van der Waals surface area contributed by atoms with Crippen molar-refractivity contribution in [3.63, 3.8) is 0 Å². The highest BCUT2D eigenvalue weighted by Gasteiger charge is 2.20. The second-order valence-electron chi connectivity index (χ2n) is 11.6. The second kappa shape index (κ2) is 14.3. The Morgan fingerprint density at radius 3 is 1.09 bits per heavy atom. The van der Waals surface area contributed by atoms with Gasteiger partial charge in [0.25, 0.3) is 32.1 Å². The molecule has 16 nitrogen and oxygen atoms in total. The van der Waals surface area contributed by atoms with E-state index >= 15 is 0 Å². The molecule has 0 unspecified atom stereocenters. The van der Waals surface area contributed by atoms with E-state index in [1.54, 1.807) is 0 Å². The molecule has 18 heteroatoms. The molecule has 6 aromatic rings. The number of rotatable bonds is 8. The Morgan fingerprint density at radius 1 is 0.426 bits per heavy atom. The van der Waals surface area contributed by atoms with Gasteiger partial charge in [-0.3, -0.25) is 28.3 Å². The van der Waals surface area contributed by atoms with Crippen molar-refractivity contribution in [2.45, 2.75) is 9.79 Å². The van der Waals surface area contributed by atoms with Crippen molar-refractivity contribution in [3.8, 4) is 11.5 Å². The van der Waals surface area contributed by atoms with Gasteiger partial charge in [0, 0.05) is 44.6 Å². The maximum absolute atomic E-state index is 12.8. The summed E-state index contributed by atoms with van der Waals surface area (Å²) >= 11 is 0. The average Bonchev–Trinajstić information content (AvgIpc) is 3.11. The highest BCUT2D eigenvalue weighted by molar-refractivity contribution is 7.86. The summed E-state index contributed by atoms with van der Waals surface area (Å²) in [6.07, 6.45) is 0. The van der Waals surface area contributed by atoms with E-state index in [2.05, 4.69) is 21.3 Å². The third-order valence-corrected chi connectivity index (χ3v) is 9.77. The van der Waals surface area contributed by atoms with Crippen LogP contribution < -0.4 is 21.3 Å². The van der Waals surface area contributed by atoms with Gasteiger partial charge in [-0.2, -0.15) is 16.8 Å². The van der Waals surface area contributed by atoms with Crippen molar-refractivity contribution in [1.29, 1.82) is 0 Å². The number of carbonyl (C=O) groups is 4. The third kappa shape index (κ3) is 7.96.